The van der Waals surface area contributed by atoms with Gasteiger partial charge in [-0.25, -0.2) is 13.8 Å². The van der Waals surface area contributed by atoms with Crippen LogP contribution in [-0.2, 0) is 0 Å². The highest BCUT2D eigenvalue weighted by atomic mass is 79.9. The van der Waals surface area contributed by atoms with Crippen LogP contribution in [0.1, 0.15) is 0 Å². The number of nitrogen functional groups attached to an aromatic ring is 1. The molecule has 2 N–H and O–H groups in total. The Labute approximate surface area is 115 Å². The second-order valence-electron chi connectivity index (χ2n) is 4.02. The van der Waals surface area contributed by atoms with Crippen molar-refractivity contribution in [2.45, 2.75) is 0 Å². The number of imidazole rings is 1. The lowest BCUT2D eigenvalue weighted by atomic mass is 10.1. The molecule has 0 atom stereocenters. The fourth-order valence-electron chi connectivity index (χ4n) is 1.93. The van der Waals surface area contributed by atoms with E-state index in [4.69, 9.17) is 5.73 Å². The van der Waals surface area contributed by atoms with E-state index in [-0.39, 0.29) is 5.56 Å². The first-order valence-electron chi connectivity index (χ1n) is 5.45. The van der Waals surface area contributed by atoms with Crippen molar-refractivity contribution in [1.82, 2.24) is 9.38 Å². The number of hydrogen-bond donors (Lipinski definition) is 1. The van der Waals surface area contributed by atoms with Crippen molar-refractivity contribution in [3.8, 4) is 11.3 Å². The van der Waals surface area contributed by atoms with Gasteiger partial charge in [-0.05, 0) is 40.2 Å². The maximum absolute atomic E-state index is 13.8. The van der Waals surface area contributed by atoms with Gasteiger partial charge in [0.1, 0.15) is 23.1 Å². The maximum atomic E-state index is 13.8. The zero-order chi connectivity index (χ0) is 13.6. The molecule has 3 rings (SSSR count). The van der Waals surface area contributed by atoms with Gasteiger partial charge in [0.2, 0.25) is 0 Å². The van der Waals surface area contributed by atoms with Gasteiger partial charge in [-0.1, -0.05) is 0 Å². The zero-order valence-electron chi connectivity index (χ0n) is 9.57. The highest BCUT2D eigenvalue weighted by molar-refractivity contribution is 9.10. The summed E-state index contributed by atoms with van der Waals surface area (Å²) in [6, 6.07) is 6.92. The molecule has 0 saturated heterocycles. The van der Waals surface area contributed by atoms with Crippen molar-refractivity contribution >= 4 is 27.4 Å². The van der Waals surface area contributed by atoms with Crippen LogP contribution in [0.5, 0.6) is 0 Å². The molecule has 0 unspecified atom stereocenters. The smallest absolute Gasteiger partial charge is 0.153 e. The van der Waals surface area contributed by atoms with Gasteiger partial charge in [0.05, 0.1) is 4.47 Å². The van der Waals surface area contributed by atoms with Crippen LogP contribution >= 0.6 is 15.9 Å². The van der Waals surface area contributed by atoms with Crippen molar-refractivity contribution in [2.75, 3.05) is 5.73 Å². The van der Waals surface area contributed by atoms with Crippen molar-refractivity contribution in [1.29, 1.82) is 0 Å². The summed E-state index contributed by atoms with van der Waals surface area (Å²) in [6.45, 7) is 0. The van der Waals surface area contributed by atoms with Crippen LogP contribution in [0.25, 0.3) is 16.9 Å². The fraction of sp³-hybridized carbons (Fsp3) is 0. The summed E-state index contributed by atoms with van der Waals surface area (Å²) in [5, 5.41) is 0. The topological polar surface area (TPSA) is 43.3 Å². The summed E-state index contributed by atoms with van der Waals surface area (Å²) in [6.07, 6.45) is 1.73. The minimum Gasteiger partial charge on any atom is -0.383 e. The Balaban J connectivity index is 2.31. The molecule has 0 radical (unpaired) electrons. The monoisotopic (exact) mass is 323 g/mol. The predicted octanol–water partition coefficient (Wildman–Crippen LogP) is 3.62. The Hall–Kier alpha value is -1.95. The number of pyridine rings is 1. The number of fused-ring (bicyclic) bond motifs is 1. The van der Waals surface area contributed by atoms with Crippen LogP contribution < -0.4 is 5.73 Å². The lowest BCUT2D eigenvalue weighted by Crippen LogP contribution is -1.95. The predicted molar refractivity (Wildman–Crippen MR) is 72.7 cm³/mol. The first-order chi connectivity index (χ1) is 9.08. The highest BCUT2D eigenvalue weighted by Crippen LogP contribution is 2.31. The van der Waals surface area contributed by atoms with E-state index in [1.54, 1.807) is 16.7 Å². The summed E-state index contributed by atoms with van der Waals surface area (Å²) in [4.78, 5) is 4.30. The minimum atomic E-state index is -0.689. The van der Waals surface area contributed by atoms with E-state index in [1.807, 2.05) is 6.07 Å². The molecule has 0 aliphatic carbocycles. The van der Waals surface area contributed by atoms with Gasteiger partial charge < -0.3 is 5.73 Å². The van der Waals surface area contributed by atoms with Crippen LogP contribution in [0.2, 0.25) is 0 Å². The molecule has 19 heavy (non-hydrogen) atoms. The van der Waals surface area contributed by atoms with E-state index < -0.39 is 11.6 Å². The van der Waals surface area contributed by atoms with Gasteiger partial charge in [0.25, 0.3) is 0 Å². The Kier molecular flexibility index (Phi) is 2.74. The molecule has 0 fully saturated rings. The highest BCUT2D eigenvalue weighted by Gasteiger charge is 2.16. The molecular formula is C13H8BrF2N3. The zero-order valence-corrected chi connectivity index (χ0v) is 11.2. The van der Waals surface area contributed by atoms with E-state index in [1.165, 1.54) is 12.1 Å². The number of anilines is 1. The molecule has 96 valence electrons. The van der Waals surface area contributed by atoms with Gasteiger partial charge in [0, 0.05) is 17.8 Å². The quantitative estimate of drug-likeness (QED) is 0.743. The Morgan fingerprint density at radius 1 is 1.21 bits per heavy atom. The second kappa shape index (κ2) is 4.31. The summed E-state index contributed by atoms with van der Waals surface area (Å²) in [5.74, 6) is -1.02. The first kappa shape index (κ1) is 12.1. The Morgan fingerprint density at radius 2 is 2.00 bits per heavy atom. The number of nitrogens with two attached hydrogens (primary N) is 1. The van der Waals surface area contributed by atoms with Crippen LogP contribution in [-0.4, -0.2) is 9.38 Å². The normalized spacial score (nSPS) is 11.1. The van der Waals surface area contributed by atoms with Crippen molar-refractivity contribution in [3.05, 3.63) is 52.6 Å². The standard InChI is InChI=1S/C13H8BrF2N3/c14-9-2-1-5-19-12(17)11(18-13(9)19)8-4-3-7(15)6-10(8)16/h1-6H,17H2. The van der Waals surface area contributed by atoms with Gasteiger partial charge in [-0.2, -0.15) is 0 Å². The third-order valence-electron chi connectivity index (χ3n) is 2.83. The lowest BCUT2D eigenvalue weighted by Gasteiger charge is -2.01. The molecule has 6 heteroatoms. The molecule has 3 aromatic rings. The summed E-state index contributed by atoms with van der Waals surface area (Å²) < 4.78 is 29.1. The van der Waals surface area contributed by atoms with E-state index in [2.05, 4.69) is 20.9 Å². The fourth-order valence-corrected chi connectivity index (χ4v) is 2.36. The van der Waals surface area contributed by atoms with Crippen LogP contribution in [0.15, 0.2) is 41.0 Å². The third kappa shape index (κ3) is 1.88. The number of rotatable bonds is 1. The molecular weight excluding hydrogens is 316 g/mol. The number of benzene rings is 1. The average molecular weight is 324 g/mol. The number of aromatic nitrogens is 2. The van der Waals surface area contributed by atoms with Crippen LogP contribution in [0.3, 0.4) is 0 Å². The minimum absolute atomic E-state index is 0.175. The van der Waals surface area contributed by atoms with Gasteiger partial charge in [-0.15, -0.1) is 0 Å². The van der Waals surface area contributed by atoms with E-state index in [0.29, 0.717) is 17.2 Å². The van der Waals surface area contributed by atoms with Crippen molar-refractivity contribution in [3.63, 3.8) is 0 Å². The van der Waals surface area contributed by atoms with Crippen molar-refractivity contribution in [2.24, 2.45) is 0 Å². The van der Waals surface area contributed by atoms with Crippen LogP contribution in [0, 0.1) is 11.6 Å². The molecule has 0 spiro atoms. The SMILES string of the molecule is Nc1c(-c2ccc(F)cc2F)nc2c(Br)cccn12. The first-order valence-corrected chi connectivity index (χ1v) is 6.24. The molecule has 3 nitrogen and oxygen atoms in total. The van der Waals surface area contributed by atoms with Gasteiger partial charge in [0.15, 0.2) is 5.65 Å². The summed E-state index contributed by atoms with van der Waals surface area (Å²) in [5.41, 5.74) is 7.02. The Bertz CT molecular complexity index is 783. The molecule has 0 aliphatic rings. The Morgan fingerprint density at radius 3 is 2.68 bits per heavy atom. The van der Waals surface area contributed by atoms with E-state index in [0.717, 1.165) is 10.5 Å². The van der Waals surface area contributed by atoms with Gasteiger partial charge >= 0.3 is 0 Å². The summed E-state index contributed by atoms with van der Waals surface area (Å²) in [7, 11) is 0. The second-order valence-corrected chi connectivity index (χ2v) is 4.87. The third-order valence-corrected chi connectivity index (χ3v) is 3.44. The average Bonchev–Trinajstić information content (AvgIpc) is 2.69. The number of hydrogen-bond acceptors (Lipinski definition) is 2. The van der Waals surface area contributed by atoms with Gasteiger partial charge in [-0.3, -0.25) is 4.40 Å². The molecule has 0 saturated carbocycles. The molecule has 0 aliphatic heterocycles. The summed E-state index contributed by atoms with van der Waals surface area (Å²) >= 11 is 3.35. The largest absolute Gasteiger partial charge is 0.383 e. The maximum Gasteiger partial charge on any atom is 0.153 e. The molecule has 2 heterocycles. The van der Waals surface area contributed by atoms with E-state index >= 15 is 0 Å². The molecule has 2 aromatic heterocycles. The lowest BCUT2D eigenvalue weighted by molar-refractivity contribution is 0.585. The number of nitrogens with zero attached hydrogens (tertiary/aromatic N) is 2. The molecule has 0 amide bonds. The van der Waals surface area contributed by atoms with Crippen molar-refractivity contribution < 1.29 is 8.78 Å². The number of halogens is 3. The van der Waals surface area contributed by atoms with Crippen LogP contribution in [0.4, 0.5) is 14.6 Å². The van der Waals surface area contributed by atoms with E-state index in [9.17, 15) is 8.78 Å². The molecule has 1 aromatic carbocycles. The molecule has 0 bridgehead atoms.